The van der Waals surface area contributed by atoms with E-state index in [1.807, 2.05) is 0 Å². The number of nitrogens with one attached hydrogen (secondary N) is 1. The molecule has 2 aliphatic heterocycles. The Morgan fingerprint density at radius 3 is 1.55 bits per heavy atom. The van der Waals surface area contributed by atoms with E-state index in [2.05, 4.69) is 15.6 Å². The Labute approximate surface area is 285 Å². The molecule has 0 unspecified atom stereocenters. The molecule has 51 heavy (non-hydrogen) atoms. The fourth-order valence-electron chi connectivity index (χ4n) is 5.61. The monoisotopic (exact) mass is 738 g/mol. The lowest BCUT2D eigenvalue weighted by molar-refractivity contribution is -0.156. The van der Waals surface area contributed by atoms with Gasteiger partial charge in [0.2, 0.25) is 6.29 Å². The summed E-state index contributed by atoms with van der Waals surface area (Å²) in [6, 6.07) is 6.88. The molecule has 4 aromatic rings. The van der Waals surface area contributed by atoms with E-state index in [-0.39, 0.29) is 17.9 Å². The number of hydrogen-bond donors (Lipinski definition) is 1. The summed E-state index contributed by atoms with van der Waals surface area (Å²) in [5, 5.41) is 12.1. The zero-order valence-corrected chi connectivity index (χ0v) is 27.6. The van der Waals surface area contributed by atoms with Gasteiger partial charge in [-0.2, -0.15) is 39.5 Å². The Hall–Kier alpha value is -4.35. The number of amides is 1. The van der Waals surface area contributed by atoms with Gasteiger partial charge in [0, 0.05) is 35.7 Å². The van der Waals surface area contributed by atoms with E-state index in [1.165, 1.54) is 12.1 Å². The van der Waals surface area contributed by atoms with Crippen molar-refractivity contribution in [3.05, 3.63) is 58.9 Å². The molecule has 2 saturated heterocycles. The number of benzene rings is 2. The first-order valence-electron chi connectivity index (χ1n) is 15.8. The van der Waals surface area contributed by atoms with Crippen LogP contribution in [0.2, 0.25) is 0 Å². The average molecular weight is 739 g/mol. The number of aromatic nitrogens is 2. The smallest absolute Gasteiger partial charge is 0.444 e. The number of fused-ring (bicyclic) bond motifs is 2. The van der Waals surface area contributed by atoms with Crippen molar-refractivity contribution in [2.45, 2.75) is 82.4 Å². The van der Waals surface area contributed by atoms with Gasteiger partial charge in [-0.05, 0) is 95.9 Å². The Balaban J connectivity index is 0.000000204. The zero-order chi connectivity index (χ0) is 37.8. The van der Waals surface area contributed by atoms with Gasteiger partial charge in [0.1, 0.15) is 5.60 Å². The second-order valence-corrected chi connectivity index (χ2v) is 13.0. The average Bonchev–Trinajstić information content (AvgIpc) is 3.68. The minimum atomic E-state index is -4.64. The van der Waals surface area contributed by atoms with Gasteiger partial charge < -0.3 is 24.0 Å². The van der Waals surface area contributed by atoms with Crippen LogP contribution in [0.1, 0.15) is 80.8 Å². The van der Waals surface area contributed by atoms with Gasteiger partial charge in [0.15, 0.2) is 11.2 Å². The van der Waals surface area contributed by atoms with Crippen molar-refractivity contribution in [1.82, 2.24) is 20.5 Å². The quantitative estimate of drug-likeness (QED) is 0.160. The van der Waals surface area contributed by atoms with Crippen molar-refractivity contribution in [2.75, 3.05) is 26.2 Å². The van der Waals surface area contributed by atoms with Crippen LogP contribution in [0.15, 0.2) is 45.4 Å². The fraction of sp³-hybridized carbons (Fsp3) is 0.515. The van der Waals surface area contributed by atoms with Gasteiger partial charge in [0.05, 0.1) is 22.5 Å². The second kappa shape index (κ2) is 15.5. The largest absolute Gasteiger partial charge is 0.446 e. The SMILES string of the molecule is CC(C)(C)OC(=O)N1CCC(c2noc3ccc(C(F)(F)F)cc23)CC1.FC(F)(F)c1ccc2onc(C3CCNCC3)c2c1.O=CC(F)(F)F. The van der Waals surface area contributed by atoms with Crippen LogP contribution in [0.25, 0.3) is 21.9 Å². The molecule has 2 fully saturated rings. The van der Waals surface area contributed by atoms with Crippen molar-refractivity contribution in [3.63, 3.8) is 0 Å². The number of aldehydes is 1. The van der Waals surface area contributed by atoms with E-state index in [9.17, 15) is 44.3 Å². The van der Waals surface area contributed by atoms with E-state index >= 15 is 0 Å². The second-order valence-electron chi connectivity index (χ2n) is 13.0. The molecule has 0 spiro atoms. The topological polar surface area (TPSA) is 111 Å². The standard InChI is InChI=1S/C18H21F3N2O3.C13H13F3N2O.C2HF3O/c1-17(2,3)25-16(24)23-8-6-11(7-9-23)15-13-10-12(18(19,20)21)4-5-14(13)26-22-15;14-13(15,16)9-1-2-11-10(7-9)12(18-19-11)8-3-5-17-6-4-8;3-2(4,5)1-6/h4-5,10-11H,6-9H2,1-3H3;1-2,7-8,17H,3-6H2;1H. The molecular weight excluding hydrogens is 703 g/mol. The van der Waals surface area contributed by atoms with Gasteiger partial charge in [-0.15, -0.1) is 0 Å². The van der Waals surface area contributed by atoms with E-state index in [0.717, 1.165) is 50.2 Å². The van der Waals surface area contributed by atoms with Crippen LogP contribution in [0, 0.1) is 0 Å². The highest BCUT2D eigenvalue weighted by Gasteiger charge is 2.34. The first-order valence-corrected chi connectivity index (χ1v) is 15.8. The Bertz CT molecular complexity index is 1780. The molecule has 2 aliphatic rings. The highest BCUT2D eigenvalue weighted by atomic mass is 19.4. The number of nitrogens with zero attached hydrogens (tertiary/aromatic N) is 3. The van der Waals surface area contributed by atoms with E-state index in [4.69, 9.17) is 18.6 Å². The van der Waals surface area contributed by atoms with Crippen LogP contribution in [0.4, 0.5) is 44.3 Å². The number of likely N-dealkylation sites (tertiary alicyclic amines) is 1. The Kier molecular flexibility index (Phi) is 12.0. The van der Waals surface area contributed by atoms with E-state index in [1.54, 1.807) is 25.7 Å². The number of carbonyl (C=O) groups is 2. The molecule has 0 bridgehead atoms. The molecule has 6 rings (SSSR count). The predicted molar refractivity (Wildman–Crippen MR) is 165 cm³/mol. The summed E-state index contributed by atoms with van der Waals surface area (Å²) < 4.78 is 124. The van der Waals surface area contributed by atoms with Gasteiger partial charge in [0.25, 0.3) is 0 Å². The molecule has 0 aliphatic carbocycles. The summed E-state index contributed by atoms with van der Waals surface area (Å²) in [6.45, 7) is 8.06. The van der Waals surface area contributed by atoms with E-state index in [0.29, 0.717) is 59.3 Å². The lowest BCUT2D eigenvalue weighted by Crippen LogP contribution is -2.41. The normalized spacial score (nSPS) is 16.7. The molecule has 0 atom stereocenters. The van der Waals surface area contributed by atoms with Gasteiger partial charge in [-0.3, -0.25) is 4.79 Å². The molecule has 4 heterocycles. The highest BCUT2D eigenvalue weighted by Crippen LogP contribution is 2.38. The van der Waals surface area contributed by atoms with Crippen LogP contribution in [0.5, 0.6) is 0 Å². The summed E-state index contributed by atoms with van der Waals surface area (Å²) in [7, 11) is 0. The Morgan fingerprint density at radius 1 is 0.765 bits per heavy atom. The van der Waals surface area contributed by atoms with E-state index < -0.39 is 41.5 Å². The maximum atomic E-state index is 13.0. The minimum Gasteiger partial charge on any atom is -0.444 e. The summed E-state index contributed by atoms with van der Waals surface area (Å²) in [6.07, 6.45) is -11.9. The summed E-state index contributed by atoms with van der Waals surface area (Å²) >= 11 is 0. The zero-order valence-electron chi connectivity index (χ0n) is 27.6. The van der Waals surface area contributed by atoms with Crippen molar-refractivity contribution in [1.29, 1.82) is 0 Å². The van der Waals surface area contributed by atoms with Crippen molar-refractivity contribution < 1.29 is 62.9 Å². The summed E-state index contributed by atoms with van der Waals surface area (Å²) in [5.74, 6) is 0.115. The molecule has 1 N–H and O–H groups in total. The van der Waals surface area contributed by atoms with Crippen LogP contribution in [0.3, 0.4) is 0 Å². The van der Waals surface area contributed by atoms with Crippen LogP contribution < -0.4 is 5.32 Å². The molecule has 1 amide bonds. The molecule has 0 saturated carbocycles. The third-order valence-corrected chi connectivity index (χ3v) is 8.04. The number of hydrogen-bond acceptors (Lipinski definition) is 8. The fourth-order valence-corrected chi connectivity index (χ4v) is 5.61. The third-order valence-electron chi connectivity index (χ3n) is 8.04. The Morgan fingerprint density at radius 2 is 1.18 bits per heavy atom. The molecule has 280 valence electrons. The summed E-state index contributed by atoms with van der Waals surface area (Å²) in [5.41, 5.74) is -0.00906. The molecule has 0 radical (unpaired) electrons. The molecule has 2 aromatic heterocycles. The number of alkyl halides is 9. The molecule has 9 nitrogen and oxygen atoms in total. The maximum absolute atomic E-state index is 13.0. The van der Waals surface area contributed by atoms with Crippen molar-refractivity contribution in [3.8, 4) is 0 Å². The molecular formula is C33H35F9N4O5. The lowest BCUT2D eigenvalue weighted by atomic mass is 9.91. The number of ether oxygens (including phenoxy) is 1. The van der Waals surface area contributed by atoms with Crippen molar-refractivity contribution >= 4 is 34.3 Å². The summed E-state index contributed by atoms with van der Waals surface area (Å²) in [4.78, 5) is 22.4. The predicted octanol–water partition coefficient (Wildman–Crippen LogP) is 9.02. The van der Waals surface area contributed by atoms with Gasteiger partial charge in [-0.25, -0.2) is 4.79 Å². The minimum absolute atomic E-state index is 0.0570. The molecule has 2 aromatic carbocycles. The number of halogens is 9. The first kappa shape index (κ1) is 39.4. The number of rotatable bonds is 2. The van der Waals surface area contributed by atoms with Crippen LogP contribution in [-0.2, 0) is 21.9 Å². The highest BCUT2D eigenvalue weighted by molar-refractivity contribution is 5.81. The maximum Gasteiger partial charge on any atom is 0.446 e. The number of piperidine rings is 2. The number of carbonyl (C=O) groups excluding carboxylic acids is 2. The van der Waals surface area contributed by atoms with Crippen LogP contribution in [-0.4, -0.2) is 65.5 Å². The first-order chi connectivity index (χ1) is 23.7. The third kappa shape index (κ3) is 10.8. The van der Waals surface area contributed by atoms with Crippen LogP contribution >= 0.6 is 0 Å². The van der Waals surface area contributed by atoms with Gasteiger partial charge in [-0.1, -0.05) is 10.3 Å². The lowest BCUT2D eigenvalue weighted by Gasteiger charge is -2.32. The van der Waals surface area contributed by atoms with Gasteiger partial charge >= 0.3 is 24.6 Å². The molecule has 18 heteroatoms. The van der Waals surface area contributed by atoms with Crippen molar-refractivity contribution in [2.24, 2.45) is 0 Å².